The number of carbonyl (C=O) groups is 1. The number of rotatable bonds is 5. The van der Waals surface area contributed by atoms with Crippen molar-refractivity contribution in [3.05, 3.63) is 0 Å². The van der Waals surface area contributed by atoms with Gasteiger partial charge in [0.25, 0.3) is 0 Å². The third-order valence-electron chi connectivity index (χ3n) is 2.91. The molecule has 1 saturated heterocycles. The SMILES string of the molecule is COCCNC1(C(=O)OC)CCOC(C)C1. The lowest BCUT2D eigenvalue weighted by Gasteiger charge is -2.38. The number of hydrogen-bond acceptors (Lipinski definition) is 5. The Morgan fingerprint density at radius 2 is 2.31 bits per heavy atom. The summed E-state index contributed by atoms with van der Waals surface area (Å²) in [6.07, 6.45) is 1.36. The molecule has 5 heteroatoms. The van der Waals surface area contributed by atoms with Crippen LogP contribution in [0, 0.1) is 0 Å². The molecule has 0 aromatic rings. The number of ether oxygens (including phenoxy) is 3. The van der Waals surface area contributed by atoms with Crippen molar-refractivity contribution >= 4 is 5.97 Å². The Labute approximate surface area is 96.4 Å². The summed E-state index contributed by atoms with van der Waals surface area (Å²) in [4.78, 5) is 11.8. The van der Waals surface area contributed by atoms with Gasteiger partial charge in [0.2, 0.25) is 0 Å². The predicted octanol–water partition coefficient (Wildman–Crippen LogP) is 0.333. The lowest BCUT2D eigenvalue weighted by atomic mass is 9.87. The quantitative estimate of drug-likeness (QED) is 0.546. The normalized spacial score (nSPS) is 30.1. The highest BCUT2D eigenvalue weighted by Crippen LogP contribution is 2.26. The van der Waals surface area contributed by atoms with Crippen molar-refractivity contribution in [1.82, 2.24) is 5.32 Å². The van der Waals surface area contributed by atoms with Gasteiger partial charge in [-0.2, -0.15) is 0 Å². The van der Waals surface area contributed by atoms with Crippen molar-refractivity contribution in [2.75, 3.05) is 34.0 Å². The highest BCUT2D eigenvalue weighted by molar-refractivity contribution is 5.81. The molecule has 1 heterocycles. The molecule has 16 heavy (non-hydrogen) atoms. The van der Waals surface area contributed by atoms with Crippen LogP contribution in [0.4, 0.5) is 0 Å². The highest BCUT2D eigenvalue weighted by Gasteiger charge is 2.42. The smallest absolute Gasteiger partial charge is 0.326 e. The van der Waals surface area contributed by atoms with Crippen LogP contribution in [-0.2, 0) is 19.0 Å². The van der Waals surface area contributed by atoms with E-state index in [4.69, 9.17) is 14.2 Å². The first-order valence-corrected chi connectivity index (χ1v) is 5.58. The Kier molecular flexibility index (Phi) is 5.18. The lowest BCUT2D eigenvalue weighted by molar-refractivity contribution is -0.155. The summed E-state index contributed by atoms with van der Waals surface area (Å²) < 4.78 is 15.3. The van der Waals surface area contributed by atoms with E-state index in [1.54, 1.807) is 7.11 Å². The van der Waals surface area contributed by atoms with Gasteiger partial charge in [-0.05, 0) is 13.3 Å². The van der Waals surface area contributed by atoms with Crippen LogP contribution in [-0.4, -0.2) is 51.6 Å². The molecular formula is C11H21NO4. The van der Waals surface area contributed by atoms with Gasteiger partial charge >= 0.3 is 5.97 Å². The standard InChI is InChI=1S/C11H21NO4/c1-9-8-11(4-6-16-9,10(13)15-3)12-5-7-14-2/h9,12H,4-8H2,1-3H3. The fourth-order valence-electron chi connectivity index (χ4n) is 2.09. The van der Waals surface area contributed by atoms with E-state index in [-0.39, 0.29) is 12.1 Å². The summed E-state index contributed by atoms with van der Waals surface area (Å²) in [6.45, 7) is 3.76. The first-order chi connectivity index (χ1) is 7.64. The van der Waals surface area contributed by atoms with Gasteiger partial charge in [-0.25, -0.2) is 0 Å². The molecule has 0 amide bonds. The Bertz CT molecular complexity index is 234. The number of esters is 1. The molecule has 2 atom stereocenters. The summed E-state index contributed by atoms with van der Waals surface area (Å²) in [5, 5.41) is 3.24. The maximum atomic E-state index is 11.8. The third-order valence-corrected chi connectivity index (χ3v) is 2.91. The van der Waals surface area contributed by atoms with E-state index in [9.17, 15) is 4.79 Å². The van der Waals surface area contributed by atoms with Gasteiger partial charge in [0, 0.05) is 26.7 Å². The maximum absolute atomic E-state index is 11.8. The van der Waals surface area contributed by atoms with Crippen molar-refractivity contribution in [1.29, 1.82) is 0 Å². The number of carbonyl (C=O) groups excluding carboxylic acids is 1. The van der Waals surface area contributed by atoms with E-state index >= 15 is 0 Å². The van der Waals surface area contributed by atoms with E-state index < -0.39 is 5.54 Å². The first kappa shape index (κ1) is 13.4. The van der Waals surface area contributed by atoms with Crippen LogP contribution >= 0.6 is 0 Å². The average Bonchev–Trinajstić information content (AvgIpc) is 2.28. The molecule has 1 rings (SSSR count). The molecule has 0 spiro atoms. The first-order valence-electron chi connectivity index (χ1n) is 5.58. The van der Waals surface area contributed by atoms with Gasteiger partial charge in [0.15, 0.2) is 0 Å². The zero-order valence-electron chi connectivity index (χ0n) is 10.2. The Morgan fingerprint density at radius 3 is 2.88 bits per heavy atom. The zero-order chi connectivity index (χ0) is 12.0. The fraction of sp³-hybridized carbons (Fsp3) is 0.909. The minimum atomic E-state index is -0.606. The Morgan fingerprint density at radius 1 is 1.56 bits per heavy atom. The van der Waals surface area contributed by atoms with Crippen LogP contribution in [0.5, 0.6) is 0 Å². The van der Waals surface area contributed by atoms with Crippen molar-refractivity contribution < 1.29 is 19.0 Å². The van der Waals surface area contributed by atoms with Crippen molar-refractivity contribution in [3.63, 3.8) is 0 Å². The minimum Gasteiger partial charge on any atom is -0.468 e. The molecule has 0 saturated carbocycles. The molecule has 1 fully saturated rings. The van der Waals surface area contributed by atoms with Gasteiger partial charge in [0.1, 0.15) is 5.54 Å². The second-order valence-electron chi connectivity index (χ2n) is 4.13. The molecule has 0 aliphatic carbocycles. The molecule has 1 N–H and O–H groups in total. The van der Waals surface area contributed by atoms with Crippen LogP contribution in [0.2, 0.25) is 0 Å². The van der Waals surface area contributed by atoms with Crippen molar-refractivity contribution in [2.45, 2.75) is 31.4 Å². The topological polar surface area (TPSA) is 56.8 Å². The number of methoxy groups -OCH3 is 2. The van der Waals surface area contributed by atoms with Gasteiger partial charge < -0.3 is 14.2 Å². The maximum Gasteiger partial charge on any atom is 0.326 e. The molecule has 0 aromatic heterocycles. The van der Waals surface area contributed by atoms with Gasteiger partial charge in [-0.3, -0.25) is 10.1 Å². The molecule has 1 aliphatic rings. The van der Waals surface area contributed by atoms with Crippen LogP contribution in [0.1, 0.15) is 19.8 Å². The Hall–Kier alpha value is -0.650. The van der Waals surface area contributed by atoms with Crippen LogP contribution in [0.3, 0.4) is 0 Å². The Balaban J connectivity index is 2.63. The molecule has 0 bridgehead atoms. The van der Waals surface area contributed by atoms with E-state index in [0.29, 0.717) is 32.6 Å². The summed E-state index contributed by atoms with van der Waals surface area (Å²) in [6, 6.07) is 0. The van der Waals surface area contributed by atoms with Crippen LogP contribution in [0.15, 0.2) is 0 Å². The minimum absolute atomic E-state index is 0.0721. The summed E-state index contributed by atoms with van der Waals surface area (Å²) >= 11 is 0. The third kappa shape index (κ3) is 3.17. The largest absolute Gasteiger partial charge is 0.468 e. The molecule has 5 nitrogen and oxygen atoms in total. The van der Waals surface area contributed by atoms with Crippen molar-refractivity contribution in [2.24, 2.45) is 0 Å². The monoisotopic (exact) mass is 231 g/mol. The molecular weight excluding hydrogens is 210 g/mol. The van der Waals surface area contributed by atoms with Gasteiger partial charge in [-0.1, -0.05) is 0 Å². The molecule has 94 valence electrons. The van der Waals surface area contributed by atoms with Gasteiger partial charge in [-0.15, -0.1) is 0 Å². The molecule has 0 radical (unpaired) electrons. The molecule has 1 aliphatic heterocycles. The average molecular weight is 231 g/mol. The summed E-state index contributed by atoms with van der Waals surface area (Å²) in [7, 11) is 3.06. The van der Waals surface area contributed by atoms with E-state index in [1.807, 2.05) is 6.92 Å². The fourth-order valence-corrected chi connectivity index (χ4v) is 2.09. The van der Waals surface area contributed by atoms with Crippen molar-refractivity contribution in [3.8, 4) is 0 Å². The number of nitrogens with one attached hydrogen (secondary N) is 1. The lowest BCUT2D eigenvalue weighted by Crippen LogP contribution is -2.58. The van der Waals surface area contributed by atoms with Crippen LogP contribution < -0.4 is 5.32 Å². The second-order valence-corrected chi connectivity index (χ2v) is 4.13. The van der Waals surface area contributed by atoms with Gasteiger partial charge in [0.05, 0.1) is 19.8 Å². The van der Waals surface area contributed by atoms with E-state index in [2.05, 4.69) is 5.32 Å². The second kappa shape index (κ2) is 6.18. The zero-order valence-corrected chi connectivity index (χ0v) is 10.2. The molecule has 2 unspecified atom stereocenters. The van der Waals surface area contributed by atoms with Crippen LogP contribution in [0.25, 0.3) is 0 Å². The molecule has 0 aromatic carbocycles. The highest BCUT2D eigenvalue weighted by atomic mass is 16.5. The predicted molar refractivity (Wildman–Crippen MR) is 59.3 cm³/mol. The summed E-state index contributed by atoms with van der Waals surface area (Å²) in [5.41, 5.74) is -0.606. The summed E-state index contributed by atoms with van der Waals surface area (Å²) in [5.74, 6) is -0.209. The van der Waals surface area contributed by atoms with E-state index in [0.717, 1.165) is 0 Å². The number of hydrogen-bond donors (Lipinski definition) is 1. The van der Waals surface area contributed by atoms with E-state index in [1.165, 1.54) is 7.11 Å².